The molecule has 4 rings (SSSR count). The molecule has 1 aliphatic heterocycles. The van der Waals surface area contributed by atoms with Crippen molar-refractivity contribution >= 4 is 0 Å². The summed E-state index contributed by atoms with van der Waals surface area (Å²) in [5.74, 6) is 2.95. The molecule has 0 spiro atoms. The number of rotatable bonds is 2. The maximum absolute atomic E-state index is 4.55. The third-order valence-electron chi connectivity index (χ3n) is 4.75. The van der Waals surface area contributed by atoms with Crippen LogP contribution in [-0.2, 0) is 6.54 Å². The van der Waals surface area contributed by atoms with Crippen molar-refractivity contribution in [1.29, 1.82) is 0 Å². The summed E-state index contributed by atoms with van der Waals surface area (Å²) in [6, 6.07) is 4.89. The van der Waals surface area contributed by atoms with Gasteiger partial charge in [0.25, 0.3) is 0 Å². The summed E-state index contributed by atoms with van der Waals surface area (Å²) >= 11 is 0. The zero-order valence-corrected chi connectivity index (χ0v) is 13.0. The topological polar surface area (TPSA) is 42.7 Å². The minimum Gasteiger partial charge on any atom is -0.308 e. The Hall–Kier alpha value is -1.68. The van der Waals surface area contributed by atoms with Crippen LogP contribution in [0, 0.1) is 26.7 Å². The number of nitrogens with one attached hydrogen (secondary N) is 1. The van der Waals surface area contributed by atoms with Crippen LogP contribution in [0.1, 0.15) is 41.4 Å². The normalized spacial score (nSPS) is 21.4. The Morgan fingerprint density at radius 1 is 1.10 bits per heavy atom. The van der Waals surface area contributed by atoms with Gasteiger partial charge in [0.05, 0.1) is 6.04 Å². The summed E-state index contributed by atoms with van der Waals surface area (Å²) in [7, 11) is 0. The first-order chi connectivity index (χ1) is 10.1. The average Bonchev–Trinajstić information content (AvgIpc) is 3.19. The van der Waals surface area contributed by atoms with Crippen molar-refractivity contribution in [2.45, 2.75) is 46.2 Å². The summed E-state index contributed by atoms with van der Waals surface area (Å²) in [5.41, 5.74) is 5.16. The molecule has 2 aliphatic rings. The highest BCUT2D eigenvalue weighted by atomic mass is 15.3. The molecule has 2 aromatic rings. The summed E-state index contributed by atoms with van der Waals surface area (Å²) in [5, 5.41) is 12.7. The third-order valence-corrected chi connectivity index (χ3v) is 4.75. The van der Waals surface area contributed by atoms with E-state index in [0.717, 1.165) is 30.7 Å². The number of nitrogens with zero attached hydrogens (tertiary/aromatic N) is 3. The largest absolute Gasteiger partial charge is 0.308 e. The van der Waals surface area contributed by atoms with E-state index in [-0.39, 0.29) is 0 Å². The summed E-state index contributed by atoms with van der Waals surface area (Å²) < 4.78 is 2.34. The lowest BCUT2D eigenvalue weighted by Crippen LogP contribution is -2.35. The molecule has 1 fully saturated rings. The van der Waals surface area contributed by atoms with Crippen molar-refractivity contribution in [3.63, 3.8) is 0 Å². The van der Waals surface area contributed by atoms with Crippen LogP contribution in [0.25, 0.3) is 11.4 Å². The number of aryl methyl sites for hydroxylation is 3. The molecule has 0 bridgehead atoms. The number of hydrogen-bond acceptors (Lipinski definition) is 3. The van der Waals surface area contributed by atoms with Crippen molar-refractivity contribution in [2.24, 2.45) is 5.92 Å². The highest BCUT2D eigenvalue weighted by molar-refractivity contribution is 5.65. The Bertz CT molecular complexity index is 674. The second-order valence-electron chi connectivity index (χ2n) is 6.58. The van der Waals surface area contributed by atoms with Crippen LogP contribution in [0.4, 0.5) is 0 Å². The van der Waals surface area contributed by atoms with Crippen LogP contribution in [0.3, 0.4) is 0 Å². The number of aromatic nitrogens is 3. The Kier molecular flexibility index (Phi) is 2.89. The van der Waals surface area contributed by atoms with Crippen molar-refractivity contribution in [3.05, 3.63) is 34.6 Å². The van der Waals surface area contributed by atoms with Crippen LogP contribution >= 0.6 is 0 Å². The summed E-state index contributed by atoms with van der Waals surface area (Å²) in [4.78, 5) is 0. The number of hydrogen-bond donors (Lipinski definition) is 1. The van der Waals surface area contributed by atoms with Crippen molar-refractivity contribution in [2.75, 3.05) is 6.54 Å². The third kappa shape index (κ3) is 2.09. The molecule has 0 saturated heterocycles. The van der Waals surface area contributed by atoms with Gasteiger partial charge in [0.15, 0.2) is 11.6 Å². The second kappa shape index (κ2) is 4.67. The second-order valence-corrected chi connectivity index (χ2v) is 6.58. The van der Waals surface area contributed by atoms with Gasteiger partial charge in [0, 0.05) is 18.7 Å². The monoisotopic (exact) mass is 282 g/mol. The summed E-state index contributed by atoms with van der Waals surface area (Å²) in [6.07, 6.45) is 2.64. The van der Waals surface area contributed by atoms with Crippen molar-refractivity contribution in [3.8, 4) is 11.4 Å². The lowest BCUT2D eigenvalue weighted by Gasteiger charge is -2.25. The molecule has 21 heavy (non-hydrogen) atoms. The van der Waals surface area contributed by atoms with Crippen LogP contribution in [0.5, 0.6) is 0 Å². The zero-order valence-electron chi connectivity index (χ0n) is 13.0. The molecule has 4 nitrogen and oxygen atoms in total. The zero-order chi connectivity index (χ0) is 14.6. The smallest absolute Gasteiger partial charge is 0.164 e. The molecule has 1 atom stereocenters. The van der Waals surface area contributed by atoms with Crippen molar-refractivity contribution < 1.29 is 0 Å². The van der Waals surface area contributed by atoms with E-state index in [0.29, 0.717) is 6.04 Å². The van der Waals surface area contributed by atoms with E-state index < -0.39 is 0 Å². The average molecular weight is 282 g/mol. The Balaban J connectivity index is 1.84. The predicted molar refractivity (Wildman–Crippen MR) is 83.1 cm³/mol. The lowest BCUT2D eigenvalue weighted by molar-refractivity contribution is 0.383. The molecule has 1 aromatic heterocycles. The lowest BCUT2D eigenvalue weighted by atomic mass is 9.99. The van der Waals surface area contributed by atoms with Crippen LogP contribution in [0.2, 0.25) is 0 Å². The molecule has 2 heterocycles. The SMILES string of the molecule is Cc1cc(C)c(-c2nnc3n2CCNC3C2CC2)c(C)c1. The predicted octanol–water partition coefficient (Wildman–Crippen LogP) is 2.92. The van der Waals surface area contributed by atoms with Gasteiger partial charge in [-0.1, -0.05) is 17.7 Å². The molecular formula is C17H22N4. The van der Waals surface area contributed by atoms with Gasteiger partial charge >= 0.3 is 0 Å². The summed E-state index contributed by atoms with van der Waals surface area (Å²) in [6.45, 7) is 8.49. The van der Waals surface area contributed by atoms with Gasteiger partial charge in [-0.15, -0.1) is 10.2 Å². The van der Waals surface area contributed by atoms with E-state index in [2.05, 4.69) is 53.0 Å². The number of benzene rings is 1. The van der Waals surface area contributed by atoms with Gasteiger partial charge in [-0.2, -0.15) is 0 Å². The fraction of sp³-hybridized carbons (Fsp3) is 0.529. The van der Waals surface area contributed by atoms with Gasteiger partial charge in [-0.25, -0.2) is 0 Å². The van der Waals surface area contributed by atoms with Gasteiger partial charge < -0.3 is 9.88 Å². The van der Waals surface area contributed by atoms with E-state index in [1.54, 1.807) is 0 Å². The molecule has 4 heteroatoms. The molecule has 1 aromatic carbocycles. The van der Waals surface area contributed by atoms with E-state index in [1.165, 1.54) is 35.1 Å². The van der Waals surface area contributed by atoms with Crippen LogP contribution in [-0.4, -0.2) is 21.3 Å². The molecule has 1 N–H and O–H groups in total. The van der Waals surface area contributed by atoms with E-state index in [1.807, 2.05) is 0 Å². The first kappa shape index (κ1) is 13.0. The standard InChI is InChI=1S/C17H22N4/c1-10-8-11(2)14(12(3)9-10)16-19-20-17-15(13-4-5-13)18-6-7-21(16)17/h8-9,13,15,18H,4-7H2,1-3H3. The minimum atomic E-state index is 0.408. The Morgan fingerprint density at radius 3 is 2.48 bits per heavy atom. The molecule has 110 valence electrons. The molecule has 1 unspecified atom stereocenters. The molecule has 1 aliphatic carbocycles. The first-order valence-electron chi connectivity index (χ1n) is 7.90. The molecule has 0 radical (unpaired) electrons. The highest BCUT2D eigenvalue weighted by Gasteiger charge is 2.37. The van der Waals surface area contributed by atoms with Crippen LogP contribution < -0.4 is 5.32 Å². The number of fused-ring (bicyclic) bond motifs is 1. The Morgan fingerprint density at radius 2 is 1.81 bits per heavy atom. The minimum absolute atomic E-state index is 0.408. The maximum atomic E-state index is 4.55. The van der Waals surface area contributed by atoms with E-state index in [4.69, 9.17) is 0 Å². The maximum Gasteiger partial charge on any atom is 0.164 e. The molecule has 1 saturated carbocycles. The molecule has 0 amide bonds. The van der Waals surface area contributed by atoms with Gasteiger partial charge in [0.2, 0.25) is 0 Å². The quantitative estimate of drug-likeness (QED) is 0.921. The molecular weight excluding hydrogens is 260 g/mol. The Labute approximate surface area is 125 Å². The van der Waals surface area contributed by atoms with Crippen molar-refractivity contribution in [1.82, 2.24) is 20.1 Å². The van der Waals surface area contributed by atoms with E-state index in [9.17, 15) is 0 Å². The van der Waals surface area contributed by atoms with Crippen LogP contribution in [0.15, 0.2) is 12.1 Å². The fourth-order valence-corrected chi connectivity index (χ4v) is 3.71. The first-order valence-corrected chi connectivity index (χ1v) is 7.90. The van der Waals surface area contributed by atoms with Gasteiger partial charge in [-0.3, -0.25) is 0 Å². The van der Waals surface area contributed by atoms with Gasteiger partial charge in [-0.05, 0) is 50.7 Å². The van der Waals surface area contributed by atoms with Gasteiger partial charge in [0.1, 0.15) is 0 Å². The highest BCUT2D eigenvalue weighted by Crippen LogP contribution is 2.42. The van der Waals surface area contributed by atoms with E-state index >= 15 is 0 Å². The fourth-order valence-electron chi connectivity index (χ4n) is 3.71.